The van der Waals surface area contributed by atoms with Crippen molar-refractivity contribution in [3.05, 3.63) is 84.3 Å². The van der Waals surface area contributed by atoms with Gasteiger partial charge in [-0.15, -0.1) is 12.3 Å². The zero-order chi connectivity index (χ0) is 22.8. The fourth-order valence-electron chi connectivity index (χ4n) is 1.70. The molecule has 0 aromatic rings. The van der Waals surface area contributed by atoms with Crippen molar-refractivity contribution in [1.82, 2.24) is 5.32 Å². The lowest BCUT2D eigenvalue weighted by Gasteiger charge is -2.12. The third-order valence-electron chi connectivity index (χ3n) is 3.46. The van der Waals surface area contributed by atoms with Gasteiger partial charge in [-0.1, -0.05) is 71.1 Å². The van der Waals surface area contributed by atoms with Gasteiger partial charge in [0.05, 0.1) is 0 Å². The number of hydrogen-bond acceptors (Lipinski definition) is 1. The van der Waals surface area contributed by atoms with Crippen molar-refractivity contribution in [3.8, 4) is 24.2 Å². The van der Waals surface area contributed by atoms with E-state index in [9.17, 15) is 0 Å². The summed E-state index contributed by atoms with van der Waals surface area (Å²) < 4.78 is 0. The van der Waals surface area contributed by atoms with Gasteiger partial charge in [0.2, 0.25) is 0 Å². The highest BCUT2D eigenvalue weighted by atomic mass is 15.0. The molecule has 0 rings (SSSR count). The fourth-order valence-corrected chi connectivity index (χ4v) is 1.70. The highest BCUT2D eigenvalue weighted by Gasteiger charge is 2.04. The van der Waals surface area contributed by atoms with Crippen LogP contribution < -0.4 is 5.32 Å². The zero-order valence-electron chi connectivity index (χ0n) is 19.2. The van der Waals surface area contributed by atoms with E-state index in [0.717, 1.165) is 28.0 Å². The Hall–Kier alpha value is -3.23. The molecule has 0 amide bonds. The van der Waals surface area contributed by atoms with Gasteiger partial charge >= 0.3 is 0 Å². The molecule has 0 aliphatic rings. The Balaban J connectivity index is 0. The smallest absolute Gasteiger partial charge is 0.182 e. The Morgan fingerprint density at radius 1 is 1.17 bits per heavy atom. The molecule has 1 N–H and O–H groups in total. The second-order valence-electron chi connectivity index (χ2n) is 6.14. The number of terminal acetylenes is 1. The lowest BCUT2D eigenvalue weighted by atomic mass is 10.0. The third kappa shape index (κ3) is 12.7. The van der Waals surface area contributed by atoms with Crippen LogP contribution in [-0.2, 0) is 0 Å². The molecule has 154 valence electrons. The van der Waals surface area contributed by atoms with Crippen LogP contribution in [0.5, 0.6) is 0 Å². The monoisotopic (exact) mass is 388 g/mol. The Morgan fingerprint density at radius 2 is 1.79 bits per heavy atom. The van der Waals surface area contributed by atoms with Crippen LogP contribution in [0, 0.1) is 30.1 Å². The summed E-state index contributed by atoms with van der Waals surface area (Å²) in [6.45, 7) is 25.9. The Bertz CT molecular complexity index is 820. The topological polar surface area (TPSA) is 24.4 Å². The maximum atomic E-state index is 5.58. The average molecular weight is 389 g/mol. The lowest BCUT2D eigenvalue weighted by molar-refractivity contribution is 0.792. The van der Waals surface area contributed by atoms with Crippen molar-refractivity contribution in [1.29, 1.82) is 0 Å². The second kappa shape index (κ2) is 16.9. The van der Waals surface area contributed by atoms with Gasteiger partial charge in [-0.2, -0.15) is 0 Å². The van der Waals surface area contributed by atoms with Crippen LogP contribution in [0.3, 0.4) is 0 Å². The molecular formula is C27H36N2. The summed E-state index contributed by atoms with van der Waals surface area (Å²) in [4.78, 5) is 4.30. The summed E-state index contributed by atoms with van der Waals surface area (Å²) in [5, 5.41) is 3.13. The van der Waals surface area contributed by atoms with E-state index >= 15 is 0 Å². The third-order valence-corrected chi connectivity index (χ3v) is 3.46. The van der Waals surface area contributed by atoms with E-state index in [-0.39, 0.29) is 0 Å². The van der Waals surface area contributed by atoms with E-state index in [4.69, 9.17) is 6.42 Å². The van der Waals surface area contributed by atoms with Crippen molar-refractivity contribution in [2.75, 3.05) is 0 Å². The predicted octanol–water partition coefficient (Wildman–Crippen LogP) is 6.90. The van der Waals surface area contributed by atoms with Gasteiger partial charge in [0, 0.05) is 17.5 Å². The maximum Gasteiger partial charge on any atom is 0.182 e. The van der Waals surface area contributed by atoms with E-state index in [0.29, 0.717) is 11.8 Å². The first-order valence-corrected chi connectivity index (χ1v) is 9.76. The van der Waals surface area contributed by atoms with E-state index in [1.54, 1.807) is 19.2 Å². The van der Waals surface area contributed by atoms with Gasteiger partial charge < -0.3 is 5.32 Å². The molecule has 0 heterocycles. The zero-order valence-corrected chi connectivity index (χ0v) is 19.2. The summed E-state index contributed by atoms with van der Waals surface area (Å²) in [7, 11) is 0. The second-order valence-corrected chi connectivity index (χ2v) is 6.14. The molecular weight excluding hydrogens is 352 g/mol. The normalized spacial score (nSPS) is 12.0. The summed E-state index contributed by atoms with van der Waals surface area (Å²) in [6.07, 6.45) is 16.7. The molecule has 2 nitrogen and oxygen atoms in total. The van der Waals surface area contributed by atoms with E-state index in [1.807, 2.05) is 52.0 Å². The molecule has 0 fully saturated rings. The fraction of sp³-hybridized carbons (Fsp3) is 0.296. The van der Waals surface area contributed by atoms with Gasteiger partial charge in [-0.3, -0.25) is 0 Å². The molecule has 0 aromatic heterocycles. The molecule has 0 saturated carbocycles. The van der Waals surface area contributed by atoms with Crippen LogP contribution in [0.4, 0.5) is 0 Å². The number of hydrogen-bond donors (Lipinski definition) is 1. The minimum absolute atomic E-state index is 0.331. The van der Waals surface area contributed by atoms with Crippen LogP contribution in [0.2, 0.25) is 0 Å². The van der Waals surface area contributed by atoms with E-state index in [1.165, 1.54) is 0 Å². The number of aliphatic imine (C=N–C) groups is 1. The first kappa shape index (κ1) is 28.0. The van der Waals surface area contributed by atoms with Gasteiger partial charge in [0.15, 0.2) is 5.84 Å². The molecule has 0 bridgehead atoms. The average Bonchev–Trinajstić information content (AvgIpc) is 2.70. The predicted molar refractivity (Wildman–Crippen MR) is 132 cm³/mol. The van der Waals surface area contributed by atoms with Crippen molar-refractivity contribution in [2.24, 2.45) is 10.9 Å². The van der Waals surface area contributed by atoms with E-state index in [2.05, 4.69) is 61.7 Å². The van der Waals surface area contributed by atoms with Crippen molar-refractivity contribution < 1.29 is 0 Å². The molecule has 2 heteroatoms. The van der Waals surface area contributed by atoms with Crippen LogP contribution in [-0.4, -0.2) is 5.84 Å². The van der Waals surface area contributed by atoms with Gasteiger partial charge in [-0.05, 0) is 62.0 Å². The van der Waals surface area contributed by atoms with Crippen molar-refractivity contribution in [2.45, 2.75) is 48.5 Å². The first-order valence-electron chi connectivity index (χ1n) is 9.76. The van der Waals surface area contributed by atoms with Crippen molar-refractivity contribution in [3.63, 3.8) is 0 Å². The number of nitrogens with one attached hydrogen (secondary N) is 1. The molecule has 0 saturated heterocycles. The molecule has 0 aromatic carbocycles. The van der Waals surface area contributed by atoms with Crippen LogP contribution in [0.1, 0.15) is 48.5 Å². The maximum absolute atomic E-state index is 5.58. The number of amidine groups is 1. The highest BCUT2D eigenvalue weighted by molar-refractivity contribution is 5.99. The molecule has 0 aliphatic carbocycles. The summed E-state index contributed by atoms with van der Waals surface area (Å²) in [5.74, 6) is 9.16. The Morgan fingerprint density at radius 3 is 2.24 bits per heavy atom. The quantitative estimate of drug-likeness (QED) is 0.208. The first-order chi connectivity index (χ1) is 13.8. The Kier molecular flexibility index (Phi) is 16.3. The van der Waals surface area contributed by atoms with Gasteiger partial charge in [-0.25, -0.2) is 4.99 Å². The van der Waals surface area contributed by atoms with Gasteiger partial charge in [0.25, 0.3) is 0 Å². The molecule has 29 heavy (non-hydrogen) atoms. The highest BCUT2D eigenvalue weighted by Crippen LogP contribution is 2.14. The molecule has 0 aliphatic heterocycles. The standard InChI is InChI=1S/C25H30N2.C2H6/c1-10-13-15-23(14-11-2)21(8)16-17-26-25(12-3)27-24(20(6)7)18-22(9)19(4)5;1-2/h3,10,13,15-19H,6,8-9H2,1-2,4-5,7H3,(H,26,27);1-2H3/b13-10-,17-16-,23-15+,24-18+;. The lowest BCUT2D eigenvalue weighted by Crippen LogP contribution is -2.21. The number of allylic oxidation sites excluding steroid dienone is 9. The largest absolute Gasteiger partial charge is 0.333 e. The van der Waals surface area contributed by atoms with E-state index < -0.39 is 0 Å². The van der Waals surface area contributed by atoms with Crippen LogP contribution >= 0.6 is 0 Å². The molecule has 0 atom stereocenters. The Labute approximate surface area is 179 Å². The minimum atomic E-state index is 0.331. The number of nitrogens with zero attached hydrogens (tertiary/aromatic N) is 1. The molecule has 0 spiro atoms. The van der Waals surface area contributed by atoms with Crippen LogP contribution in [0.15, 0.2) is 89.3 Å². The minimum Gasteiger partial charge on any atom is -0.333 e. The summed E-state index contributed by atoms with van der Waals surface area (Å²) in [6, 6.07) is 0. The molecule has 0 unspecified atom stereocenters. The molecule has 0 radical (unpaired) electrons. The van der Waals surface area contributed by atoms with Gasteiger partial charge in [0.1, 0.15) is 0 Å². The van der Waals surface area contributed by atoms with Crippen molar-refractivity contribution >= 4 is 5.84 Å². The van der Waals surface area contributed by atoms with Crippen LogP contribution in [0.25, 0.3) is 0 Å². The SMILES string of the molecule is C#CC(=N/C=C\C(=C)/C(C#CC)=C/C=C\C)N/C(=C/C(=C)C(C)C)C(=C)C.CC. The summed E-state index contributed by atoms with van der Waals surface area (Å²) >= 11 is 0. The number of rotatable bonds is 8. The summed E-state index contributed by atoms with van der Waals surface area (Å²) in [5.41, 5.74) is 4.21.